The Morgan fingerprint density at radius 3 is 2.67 bits per heavy atom. The first-order valence-electron chi connectivity index (χ1n) is 6.72. The van der Waals surface area contributed by atoms with E-state index in [0.29, 0.717) is 6.04 Å². The van der Waals surface area contributed by atoms with Crippen LogP contribution in [0.25, 0.3) is 0 Å². The molecule has 0 bridgehead atoms. The van der Waals surface area contributed by atoms with Crippen LogP contribution in [0.2, 0.25) is 0 Å². The maximum atomic E-state index is 12.7. The molecule has 1 aromatic rings. The van der Waals surface area contributed by atoms with Crippen molar-refractivity contribution < 1.29 is 4.79 Å². The van der Waals surface area contributed by atoms with Gasteiger partial charge < -0.3 is 4.90 Å². The van der Waals surface area contributed by atoms with Crippen LogP contribution in [0.3, 0.4) is 0 Å². The van der Waals surface area contributed by atoms with Crippen LogP contribution < -0.4 is 0 Å². The highest BCUT2D eigenvalue weighted by molar-refractivity contribution is 9.10. The van der Waals surface area contributed by atoms with Crippen LogP contribution in [0.1, 0.15) is 41.6 Å². The Morgan fingerprint density at radius 1 is 1.33 bits per heavy atom. The van der Waals surface area contributed by atoms with E-state index >= 15 is 0 Å². The Kier molecular flexibility index (Phi) is 3.18. The topological polar surface area (TPSA) is 20.3 Å². The molecule has 0 radical (unpaired) electrons. The number of hydrogen-bond acceptors (Lipinski definition) is 1. The van der Waals surface area contributed by atoms with Gasteiger partial charge in [0.1, 0.15) is 0 Å². The van der Waals surface area contributed by atoms with Gasteiger partial charge in [-0.2, -0.15) is 0 Å². The average Bonchev–Trinajstić information content (AvgIpc) is 3.21. The normalized spacial score (nSPS) is 18.8. The molecule has 0 heterocycles. The van der Waals surface area contributed by atoms with E-state index in [1.807, 2.05) is 25.1 Å². The fourth-order valence-corrected chi connectivity index (χ4v) is 2.74. The number of hydrogen-bond donors (Lipinski definition) is 0. The number of nitrogens with zero attached hydrogens (tertiary/aromatic N) is 1. The minimum Gasteiger partial charge on any atom is -0.335 e. The van der Waals surface area contributed by atoms with Crippen molar-refractivity contribution in [3.8, 4) is 0 Å². The van der Waals surface area contributed by atoms with Gasteiger partial charge in [-0.25, -0.2) is 0 Å². The molecule has 0 aliphatic heterocycles. The summed E-state index contributed by atoms with van der Waals surface area (Å²) in [5.41, 5.74) is 1.96. The van der Waals surface area contributed by atoms with Gasteiger partial charge >= 0.3 is 0 Å². The van der Waals surface area contributed by atoms with E-state index in [0.717, 1.165) is 28.1 Å². The summed E-state index contributed by atoms with van der Waals surface area (Å²) in [6.07, 6.45) is 4.96. The highest BCUT2D eigenvalue weighted by Crippen LogP contribution is 2.36. The maximum absolute atomic E-state index is 12.7. The first-order chi connectivity index (χ1) is 8.65. The fraction of sp³-hybridized carbons (Fsp3) is 0.533. The van der Waals surface area contributed by atoms with Gasteiger partial charge in [-0.1, -0.05) is 11.6 Å². The Labute approximate surface area is 116 Å². The van der Waals surface area contributed by atoms with Crippen LogP contribution >= 0.6 is 15.9 Å². The van der Waals surface area contributed by atoms with Gasteiger partial charge in [0, 0.05) is 17.1 Å². The van der Waals surface area contributed by atoms with Crippen LogP contribution in [0.5, 0.6) is 0 Å². The Bertz CT molecular complexity index is 477. The maximum Gasteiger partial charge on any atom is 0.255 e. The van der Waals surface area contributed by atoms with Crippen LogP contribution in [-0.4, -0.2) is 23.4 Å². The van der Waals surface area contributed by atoms with Crippen molar-refractivity contribution in [3.63, 3.8) is 0 Å². The van der Waals surface area contributed by atoms with Crippen molar-refractivity contribution >= 4 is 21.8 Å². The van der Waals surface area contributed by atoms with E-state index in [4.69, 9.17) is 0 Å². The van der Waals surface area contributed by atoms with Gasteiger partial charge in [-0.05, 0) is 66.6 Å². The van der Waals surface area contributed by atoms with Crippen LogP contribution in [0, 0.1) is 12.8 Å². The fourth-order valence-electron chi connectivity index (χ4n) is 2.32. The van der Waals surface area contributed by atoms with E-state index in [1.165, 1.54) is 25.7 Å². The number of halogens is 1. The summed E-state index contributed by atoms with van der Waals surface area (Å²) in [5, 5.41) is 0. The highest BCUT2D eigenvalue weighted by Gasteiger charge is 2.37. The molecule has 18 heavy (non-hydrogen) atoms. The minimum atomic E-state index is 0.208. The van der Waals surface area contributed by atoms with Gasteiger partial charge in [0.05, 0.1) is 5.56 Å². The number of rotatable bonds is 4. The van der Waals surface area contributed by atoms with Crippen LogP contribution in [0.4, 0.5) is 0 Å². The second-order valence-electron chi connectivity index (χ2n) is 5.62. The predicted molar refractivity (Wildman–Crippen MR) is 75.7 cm³/mol. The van der Waals surface area contributed by atoms with Gasteiger partial charge in [-0.3, -0.25) is 4.79 Å². The first kappa shape index (κ1) is 12.2. The van der Waals surface area contributed by atoms with Crippen LogP contribution in [0.15, 0.2) is 22.7 Å². The number of carbonyl (C=O) groups excluding carboxylic acids is 1. The lowest BCUT2D eigenvalue weighted by atomic mass is 10.1. The summed E-state index contributed by atoms with van der Waals surface area (Å²) in [4.78, 5) is 14.8. The molecule has 2 aliphatic rings. The summed E-state index contributed by atoms with van der Waals surface area (Å²) in [7, 11) is 0. The first-order valence-corrected chi connectivity index (χ1v) is 7.51. The standard InChI is InChI=1S/C15H18BrNO/c1-10-2-7-14(16)13(8-10)15(18)17(12-5-6-12)9-11-3-4-11/h2,7-8,11-12H,3-6,9H2,1H3. The molecule has 2 saturated carbocycles. The SMILES string of the molecule is Cc1ccc(Br)c(C(=O)N(CC2CC2)C2CC2)c1. The van der Waals surface area contributed by atoms with Gasteiger partial charge in [0.25, 0.3) is 5.91 Å². The van der Waals surface area contributed by atoms with E-state index < -0.39 is 0 Å². The molecule has 0 saturated heterocycles. The summed E-state index contributed by atoms with van der Waals surface area (Å²) in [5.74, 6) is 0.970. The van der Waals surface area contributed by atoms with Crippen LogP contribution in [-0.2, 0) is 0 Å². The summed E-state index contributed by atoms with van der Waals surface area (Å²) >= 11 is 3.50. The molecule has 0 atom stereocenters. The van der Waals surface area contributed by atoms with E-state index in [1.54, 1.807) is 0 Å². The van der Waals surface area contributed by atoms with Crippen molar-refractivity contribution in [1.29, 1.82) is 0 Å². The number of carbonyl (C=O) groups is 1. The van der Waals surface area contributed by atoms with E-state index in [-0.39, 0.29) is 5.91 Å². The third-order valence-corrected chi connectivity index (χ3v) is 4.44. The third-order valence-electron chi connectivity index (χ3n) is 3.75. The molecule has 0 aromatic heterocycles. The third kappa shape index (κ3) is 2.61. The Morgan fingerprint density at radius 2 is 2.06 bits per heavy atom. The molecule has 0 N–H and O–H groups in total. The van der Waals surface area contributed by atoms with Gasteiger partial charge in [-0.15, -0.1) is 0 Å². The molecule has 0 unspecified atom stereocenters. The predicted octanol–water partition coefficient (Wildman–Crippen LogP) is 3.77. The molecule has 3 rings (SSSR count). The van der Waals surface area contributed by atoms with Gasteiger partial charge in [0.15, 0.2) is 0 Å². The second-order valence-corrected chi connectivity index (χ2v) is 6.47. The highest BCUT2D eigenvalue weighted by atomic mass is 79.9. The zero-order valence-corrected chi connectivity index (χ0v) is 12.2. The Balaban J connectivity index is 1.83. The van der Waals surface area contributed by atoms with Gasteiger partial charge in [0.2, 0.25) is 0 Å². The van der Waals surface area contributed by atoms with Crippen molar-refractivity contribution in [2.75, 3.05) is 6.54 Å². The van der Waals surface area contributed by atoms with Crippen molar-refractivity contribution in [2.24, 2.45) is 5.92 Å². The molecular weight excluding hydrogens is 290 g/mol. The Hall–Kier alpha value is -0.830. The smallest absolute Gasteiger partial charge is 0.255 e. The van der Waals surface area contributed by atoms with Crippen molar-refractivity contribution in [2.45, 2.75) is 38.6 Å². The molecule has 96 valence electrons. The molecule has 1 aromatic carbocycles. The molecule has 0 spiro atoms. The summed E-state index contributed by atoms with van der Waals surface area (Å²) < 4.78 is 0.916. The van der Waals surface area contributed by atoms with Crippen molar-refractivity contribution in [1.82, 2.24) is 4.90 Å². The average molecular weight is 308 g/mol. The zero-order chi connectivity index (χ0) is 12.7. The minimum absolute atomic E-state index is 0.208. The number of aryl methyl sites for hydroxylation is 1. The van der Waals surface area contributed by atoms with E-state index in [9.17, 15) is 4.79 Å². The molecule has 3 heteroatoms. The van der Waals surface area contributed by atoms with Crippen molar-refractivity contribution in [3.05, 3.63) is 33.8 Å². The lowest BCUT2D eigenvalue weighted by Gasteiger charge is -2.23. The lowest BCUT2D eigenvalue weighted by Crippen LogP contribution is -2.35. The molecule has 2 fully saturated rings. The second kappa shape index (κ2) is 4.69. The van der Waals surface area contributed by atoms with E-state index in [2.05, 4.69) is 20.8 Å². The molecule has 2 nitrogen and oxygen atoms in total. The zero-order valence-electron chi connectivity index (χ0n) is 10.7. The largest absolute Gasteiger partial charge is 0.335 e. The lowest BCUT2D eigenvalue weighted by molar-refractivity contribution is 0.0734. The summed E-state index contributed by atoms with van der Waals surface area (Å²) in [6.45, 7) is 3.00. The number of benzene rings is 1. The molecular formula is C15H18BrNO. The number of amides is 1. The quantitative estimate of drug-likeness (QED) is 0.829. The summed E-state index contributed by atoms with van der Waals surface area (Å²) in [6, 6.07) is 6.51. The molecule has 1 amide bonds. The monoisotopic (exact) mass is 307 g/mol. The molecule has 2 aliphatic carbocycles.